The third-order valence-electron chi connectivity index (χ3n) is 3.61. The Morgan fingerprint density at radius 1 is 1.07 bits per heavy atom. The average Bonchev–Trinajstić information content (AvgIpc) is 2.56. The van der Waals surface area contributed by atoms with Crippen LogP contribution < -0.4 is 5.32 Å². The van der Waals surface area contributed by atoms with Crippen LogP contribution in [0.4, 0.5) is 0 Å². The summed E-state index contributed by atoms with van der Waals surface area (Å²) in [5.41, 5.74) is 2.19. The van der Waals surface area contributed by atoms with Crippen molar-refractivity contribution in [1.82, 2.24) is 5.32 Å². The number of ketones is 1. The number of aliphatic hydroxyl groups excluding tert-OH is 3. The van der Waals surface area contributed by atoms with E-state index in [2.05, 4.69) is 26.1 Å². The van der Waals surface area contributed by atoms with E-state index in [1.165, 1.54) is 0 Å². The molecule has 0 saturated heterocycles. The summed E-state index contributed by atoms with van der Waals surface area (Å²) < 4.78 is 8.19. The first-order valence-corrected chi connectivity index (χ1v) is 9.46. The third-order valence-corrected chi connectivity index (χ3v) is 3.61. The zero-order valence-electron chi connectivity index (χ0n) is 17.5. The van der Waals surface area contributed by atoms with Gasteiger partial charge >= 0.3 is 21.0 Å². The van der Waals surface area contributed by atoms with Gasteiger partial charge in [0.05, 0.1) is 12.7 Å². The fourth-order valence-electron chi connectivity index (χ4n) is 2.12. The van der Waals surface area contributed by atoms with Gasteiger partial charge in [0.15, 0.2) is 5.78 Å². The molecule has 0 aromatic carbocycles. The van der Waals surface area contributed by atoms with Crippen molar-refractivity contribution >= 4 is 5.78 Å². The molecule has 0 aromatic rings. The summed E-state index contributed by atoms with van der Waals surface area (Å²) in [5.74, 6) is 0.00601. The van der Waals surface area contributed by atoms with Crippen LogP contribution in [-0.2, 0) is 25.8 Å². The Morgan fingerprint density at radius 2 is 1.56 bits per heavy atom. The van der Waals surface area contributed by atoms with Crippen LogP contribution in [0.25, 0.3) is 0 Å². The van der Waals surface area contributed by atoms with Crippen LogP contribution in [0.2, 0.25) is 0 Å². The minimum absolute atomic E-state index is 0.00601. The first kappa shape index (κ1) is 28.2. The molecule has 1 aliphatic rings. The standard InChI is InChI=1S/C18H29NO3.C2H6O.O.V/c1-17(2,3)13-7-12(9-19-10-14(21)11-20)16(22)15(8-13)18(4,5)6;1-2-3;;/h7-9,14,19-21H,10-11H2,1-6H3;3H,2H2,1H3;;/b12-9-;;;. The fourth-order valence-corrected chi connectivity index (χ4v) is 2.12. The Hall–Kier alpha value is -1.05. The first-order valence-electron chi connectivity index (χ1n) is 8.89. The van der Waals surface area contributed by atoms with Crippen LogP contribution >= 0.6 is 0 Å². The second kappa shape index (κ2) is 13.2. The molecular formula is C20H35NO5V. The number of carbonyl (C=O) groups excluding carboxylic acids is 1. The summed E-state index contributed by atoms with van der Waals surface area (Å²) in [6.07, 6.45) is 4.70. The topological polar surface area (TPSA) is 107 Å². The Kier molecular flexibility index (Phi) is 13.8. The summed E-state index contributed by atoms with van der Waals surface area (Å²) in [6, 6.07) is 0. The average molecular weight is 420 g/mol. The van der Waals surface area contributed by atoms with Gasteiger partial charge in [-0.05, 0) is 29.4 Å². The number of Topliss-reactive ketones (excluding diaryl/α,β-unsaturated/α-hetero) is 1. The van der Waals surface area contributed by atoms with Gasteiger partial charge in [0.2, 0.25) is 0 Å². The number of aliphatic hydroxyl groups is 3. The van der Waals surface area contributed by atoms with Crippen molar-refractivity contribution in [3.8, 4) is 0 Å². The fraction of sp³-hybridized carbons (Fsp3) is 0.650. The molecule has 1 unspecified atom stereocenters. The molecule has 7 heteroatoms. The Labute approximate surface area is 172 Å². The molecule has 1 rings (SSSR count). The van der Waals surface area contributed by atoms with E-state index in [1.807, 2.05) is 32.9 Å². The molecule has 0 bridgehead atoms. The molecular weight excluding hydrogens is 385 g/mol. The Morgan fingerprint density at radius 3 is 1.93 bits per heavy atom. The van der Waals surface area contributed by atoms with Gasteiger partial charge in [-0.2, -0.15) is 0 Å². The van der Waals surface area contributed by atoms with Crippen molar-refractivity contribution in [2.45, 2.75) is 54.6 Å². The van der Waals surface area contributed by atoms with E-state index in [4.69, 9.17) is 13.9 Å². The van der Waals surface area contributed by atoms with Crippen molar-refractivity contribution < 1.29 is 41.2 Å². The van der Waals surface area contributed by atoms with Crippen LogP contribution in [0.3, 0.4) is 0 Å². The van der Waals surface area contributed by atoms with E-state index in [-0.39, 0.29) is 36.4 Å². The van der Waals surface area contributed by atoms with E-state index in [0.717, 1.165) is 28.5 Å². The quantitative estimate of drug-likeness (QED) is 0.520. The molecule has 0 aliphatic heterocycles. The number of rotatable bonds is 4. The molecule has 27 heavy (non-hydrogen) atoms. The van der Waals surface area contributed by atoms with E-state index in [0.29, 0.717) is 5.57 Å². The van der Waals surface area contributed by atoms with Crippen LogP contribution in [0.5, 0.6) is 0 Å². The molecule has 6 nitrogen and oxygen atoms in total. The summed E-state index contributed by atoms with van der Waals surface area (Å²) >= 11 is 1.06. The predicted octanol–water partition coefficient (Wildman–Crippen LogP) is 2.22. The number of hydrogen-bond donors (Lipinski definition) is 4. The maximum absolute atomic E-state index is 12.7. The molecule has 0 heterocycles. The number of nitrogens with one attached hydrogen (secondary N) is 1. The molecule has 0 spiro atoms. The van der Waals surface area contributed by atoms with Crippen LogP contribution in [0, 0.1) is 10.8 Å². The molecule has 1 atom stereocenters. The molecule has 0 fully saturated rings. The molecule has 0 aromatic heterocycles. The Balaban J connectivity index is 0. The zero-order chi connectivity index (χ0) is 21.8. The molecule has 1 aliphatic carbocycles. The zero-order valence-corrected chi connectivity index (χ0v) is 18.9. The molecule has 0 saturated carbocycles. The van der Waals surface area contributed by atoms with Gasteiger partial charge in [-0.3, -0.25) is 4.79 Å². The van der Waals surface area contributed by atoms with E-state index >= 15 is 0 Å². The van der Waals surface area contributed by atoms with Crippen molar-refractivity contribution in [3.05, 3.63) is 35.1 Å². The molecule has 4 N–H and O–H groups in total. The SMILES string of the molecule is CC(C)(C)C1=C/C(=C/NCC(O)CO)C(=O)C(C(C)(C)C)=C1.CCO.[O]=[V]. The molecule has 0 amide bonds. The second-order valence-corrected chi connectivity index (χ2v) is 8.15. The summed E-state index contributed by atoms with van der Waals surface area (Å²) in [5, 5.41) is 28.7. The van der Waals surface area contributed by atoms with E-state index in [1.54, 1.807) is 13.1 Å². The van der Waals surface area contributed by atoms with Gasteiger partial charge in [-0.15, -0.1) is 0 Å². The summed E-state index contributed by atoms with van der Waals surface area (Å²) in [4.78, 5) is 12.7. The molecule has 0 radical (unpaired) electrons. The first-order chi connectivity index (χ1) is 12.4. The number of hydrogen-bond acceptors (Lipinski definition) is 6. The van der Waals surface area contributed by atoms with E-state index in [9.17, 15) is 9.90 Å². The maximum atomic E-state index is 12.7. The van der Waals surface area contributed by atoms with Crippen molar-refractivity contribution in [2.24, 2.45) is 10.8 Å². The van der Waals surface area contributed by atoms with Crippen LogP contribution in [-0.4, -0.2) is 47.0 Å². The predicted molar refractivity (Wildman–Crippen MR) is 103 cm³/mol. The van der Waals surface area contributed by atoms with Crippen LogP contribution in [0.15, 0.2) is 35.1 Å². The van der Waals surface area contributed by atoms with Gasteiger partial charge < -0.3 is 20.6 Å². The summed E-state index contributed by atoms with van der Waals surface area (Å²) in [7, 11) is 0. The third kappa shape index (κ3) is 10.8. The molecule has 155 valence electrons. The minimum atomic E-state index is -0.834. The second-order valence-electron chi connectivity index (χ2n) is 8.15. The van der Waals surface area contributed by atoms with E-state index < -0.39 is 6.10 Å². The van der Waals surface area contributed by atoms with Crippen molar-refractivity contribution in [3.63, 3.8) is 0 Å². The normalized spacial score (nSPS) is 16.9. The monoisotopic (exact) mass is 420 g/mol. The van der Waals surface area contributed by atoms with Gasteiger partial charge in [-0.1, -0.05) is 47.6 Å². The van der Waals surface area contributed by atoms with Crippen LogP contribution in [0.1, 0.15) is 48.5 Å². The van der Waals surface area contributed by atoms with Gasteiger partial charge in [-0.25, -0.2) is 0 Å². The van der Waals surface area contributed by atoms with Gasteiger partial charge in [0.25, 0.3) is 0 Å². The van der Waals surface area contributed by atoms with Crippen molar-refractivity contribution in [1.29, 1.82) is 0 Å². The van der Waals surface area contributed by atoms with Gasteiger partial charge in [0, 0.05) is 30.5 Å². The Bertz CT molecular complexity index is 554. The number of allylic oxidation sites excluding steroid dienone is 5. The number of carbonyl (C=O) groups is 1. The van der Waals surface area contributed by atoms with Gasteiger partial charge in [0.1, 0.15) is 0 Å². The summed E-state index contributed by atoms with van der Waals surface area (Å²) in [6.45, 7) is 14.3. The van der Waals surface area contributed by atoms with Crippen molar-refractivity contribution in [2.75, 3.05) is 19.8 Å².